The first-order chi connectivity index (χ1) is 6.72. The molecule has 0 aliphatic rings. The summed E-state index contributed by atoms with van der Waals surface area (Å²) in [6, 6.07) is 1.92. The molecule has 1 unspecified atom stereocenters. The van der Waals surface area contributed by atoms with Gasteiger partial charge in [0.2, 0.25) is 0 Å². The minimum absolute atomic E-state index is 0.511. The van der Waals surface area contributed by atoms with E-state index in [2.05, 4.69) is 29.1 Å². The summed E-state index contributed by atoms with van der Waals surface area (Å²) < 4.78 is 0. The molecule has 78 valence electrons. The van der Waals surface area contributed by atoms with Crippen LogP contribution in [0.3, 0.4) is 0 Å². The molecule has 0 bridgehead atoms. The summed E-state index contributed by atoms with van der Waals surface area (Å²) in [5.74, 6) is 0. The van der Waals surface area contributed by atoms with Gasteiger partial charge in [0.1, 0.15) is 0 Å². The quantitative estimate of drug-likeness (QED) is 0.596. The van der Waals surface area contributed by atoms with Crippen molar-refractivity contribution in [1.29, 1.82) is 0 Å². The second-order valence-electron chi connectivity index (χ2n) is 3.22. The molecular weight excluding hydrogens is 194 g/mol. The van der Waals surface area contributed by atoms with Crippen molar-refractivity contribution < 1.29 is 0 Å². The predicted octanol–water partition coefficient (Wildman–Crippen LogP) is 1.88. The lowest BCUT2D eigenvalue weighted by molar-refractivity contribution is 0.711. The van der Waals surface area contributed by atoms with Crippen molar-refractivity contribution in [2.45, 2.75) is 31.2 Å². The minimum atomic E-state index is 0.511. The Morgan fingerprint density at radius 3 is 3.00 bits per heavy atom. The molecule has 0 aliphatic carbocycles. The fraction of sp³-hybridized carbons (Fsp3) is 0.600. The van der Waals surface area contributed by atoms with E-state index in [1.807, 2.05) is 19.2 Å². The van der Waals surface area contributed by atoms with Crippen LogP contribution < -0.4 is 5.32 Å². The van der Waals surface area contributed by atoms with Gasteiger partial charge in [0, 0.05) is 23.7 Å². The normalized spacial score (nSPS) is 12.8. The van der Waals surface area contributed by atoms with Crippen molar-refractivity contribution in [3.8, 4) is 0 Å². The molecule has 1 heterocycles. The second-order valence-corrected chi connectivity index (χ2v) is 4.62. The highest BCUT2D eigenvalue weighted by atomic mass is 32.2. The Hall–Kier alpha value is -0.610. The third kappa shape index (κ3) is 4.07. The number of hydrogen-bond acceptors (Lipinski definition) is 4. The second kappa shape index (κ2) is 5.98. The fourth-order valence-electron chi connectivity index (χ4n) is 1.05. The highest BCUT2D eigenvalue weighted by Gasteiger charge is 2.05. The van der Waals surface area contributed by atoms with Crippen molar-refractivity contribution in [1.82, 2.24) is 15.3 Å². The number of nitrogens with one attached hydrogen (secondary N) is 1. The van der Waals surface area contributed by atoms with Gasteiger partial charge >= 0.3 is 0 Å². The van der Waals surface area contributed by atoms with E-state index in [9.17, 15) is 0 Å². The number of nitrogens with zero attached hydrogens (tertiary/aromatic N) is 2. The van der Waals surface area contributed by atoms with Crippen molar-refractivity contribution in [3.05, 3.63) is 18.0 Å². The largest absolute Gasteiger partial charge is 0.316 e. The Balaban J connectivity index is 2.43. The van der Waals surface area contributed by atoms with Crippen LogP contribution in [0, 0.1) is 6.92 Å². The SMILES string of the molecule is CCNCC(C)Sc1nccc(C)n1. The van der Waals surface area contributed by atoms with Crippen molar-refractivity contribution >= 4 is 11.8 Å². The first-order valence-corrected chi connectivity index (χ1v) is 5.77. The maximum Gasteiger partial charge on any atom is 0.188 e. The summed E-state index contributed by atoms with van der Waals surface area (Å²) in [5.41, 5.74) is 1.03. The van der Waals surface area contributed by atoms with Crippen LogP contribution in [0.2, 0.25) is 0 Å². The molecule has 0 saturated heterocycles. The fourth-order valence-corrected chi connectivity index (χ4v) is 1.93. The molecule has 0 fully saturated rings. The van der Waals surface area contributed by atoms with Gasteiger partial charge in [-0.2, -0.15) is 0 Å². The van der Waals surface area contributed by atoms with Crippen LogP contribution in [0.1, 0.15) is 19.5 Å². The molecule has 1 aromatic heterocycles. The third-order valence-corrected chi connectivity index (χ3v) is 2.74. The molecule has 14 heavy (non-hydrogen) atoms. The highest BCUT2D eigenvalue weighted by Crippen LogP contribution is 2.17. The molecule has 0 aromatic carbocycles. The van der Waals surface area contributed by atoms with Gasteiger partial charge in [0.25, 0.3) is 0 Å². The first kappa shape index (κ1) is 11.5. The highest BCUT2D eigenvalue weighted by molar-refractivity contribution is 7.99. The van der Waals surface area contributed by atoms with Crippen molar-refractivity contribution in [2.75, 3.05) is 13.1 Å². The standard InChI is InChI=1S/C10H17N3S/c1-4-11-7-9(3)14-10-12-6-5-8(2)13-10/h5-6,9,11H,4,7H2,1-3H3. The molecule has 1 N–H and O–H groups in total. The molecule has 0 saturated carbocycles. The van der Waals surface area contributed by atoms with Crippen LogP contribution >= 0.6 is 11.8 Å². The maximum atomic E-state index is 4.35. The minimum Gasteiger partial charge on any atom is -0.316 e. The summed E-state index contributed by atoms with van der Waals surface area (Å²) in [5, 5.41) is 4.69. The van der Waals surface area contributed by atoms with Crippen LogP contribution in [0.25, 0.3) is 0 Å². The molecule has 3 nitrogen and oxygen atoms in total. The van der Waals surface area contributed by atoms with E-state index in [-0.39, 0.29) is 0 Å². The predicted molar refractivity (Wildman–Crippen MR) is 60.6 cm³/mol. The lowest BCUT2D eigenvalue weighted by Gasteiger charge is -2.09. The Kier molecular flexibility index (Phi) is 4.90. The van der Waals surface area contributed by atoms with Gasteiger partial charge in [-0.15, -0.1) is 0 Å². The topological polar surface area (TPSA) is 37.8 Å². The zero-order valence-corrected chi connectivity index (χ0v) is 9.77. The van der Waals surface area contributed by atoms with Gasteiger partial charge in [0.15, 0.2) is 5.16 Å². The van der Waals surface area contributed by atoms with E-state index in [0.29, 0.717) is 5.25 Å². The van der Waals surface area contributed by atoms with Crippen LogP contribution in [-0.2, 0) is 0 Å². The molecule has 1 atom stereocenters. The molecular formula is C10H17N3S. The van der Waals surface area contributed by atoms with Gasteiger partial charge in [0.05, 0.1) is 0 Å². The lowest BCUT2D eigenvalue weighted by atomic mass is 10.5. The van der Waals surface area contributed by atoms with Gasteiger partial charge in [-0.3, -0.25) is 0 Å². The molecule has 4 heteroatoms. The van der Waals surface area contributed by atoms with E-state index in [1.165, 1.54) is 0 Å². The maximum absolute atomic E-state index is 4.35. The van der Waals surface area contributed by atoms with Crippen LogP contribution in [0.15, 0.2) is 17.4 Å². The summed E-state index contributed by atoms with van der Waals surface area (Å²) >= 11 is 1.71. The van der Waals surface area contributed by atoms with E-state index in [1.54, 1.807) is 11.8 Å². The van der Waals surface area contributed by atoms with Crippen LogP contribution in [0.5, 0.6) is 0 Å². The Morgan fingerprint density at radius 1 is 1.57 bits per heavy atom. The Morgan fingerprint density at radius 2 is 2.36 bits per heavy atom. The lowest BCUT2D eigenvalue weighted by Crippen LogP contribution is -2.22. The van der Waals surface area contributed by atoms with E-state index in [0.717, 1.165) is 23.9 Å². The first-order valence-electron chi connectivity index (χ1n) is 4.89. The summed E-state index contributed by atoms with van der Waals surface area (Å²) in [6.45, 7) is 8.29. The van der Waals surface area contributed by atoms with E-state index in [4.69, 9.17) is 0 Å². The number of rotatable bonds is 5. The number of hydrogen-bond donors (Lipinski definition) is 1. The molecule has 0 aliphatic heterocycles. The van der Waals surface area contributed by atoms with Crippen molar-refractivity contribution in [2.24, 2.45) is 0 Å². The van der Waals surface area contributed by atoms with Gasteiger partial charge < -0.3 is 5.32 Å². The average Bonchev–Trinajstić information content (AvgIpc) is 2.15. The smallest absolute Gasteiger partial charge is 0.188 e. The Labute approximate surface area is 89.7 Å². The van der Waals surface area contributed by atoms with Gasteiger partial charge in [-0.05, 0) is 19.5 Å². The van der Waals surface area contributed by atoms with Crippen LogP contribution in [-0.4, -0.2) is 28.3 Å². The number of aromatic nitrogens is 2. The summed E-state index contributed by atoms with van der Waals surface area (Å²) in [4.78, 5) is 8.56. The third-order valence-electron chi connectivity index (χ3n) is 1.76. The summed E-state index contributed by atoms with van der Waals surface area (Å²) in [7, 11) is 0. The van der Waals surface area contributed by atoms with Gasteiger partial charge in [-0.1, -0.05) is 25.6 Å². The molecule has 1 aromatic rings. The molecule has 0 spiro atoms. The number of aryl methyl sites for hydroxylation is 1. The van der Waals surface area contributed by atoms with E-state index < -0.39 is 0 Å². The Bertz CT molecular complexity index is 278. The monoisotopic (exact) mass is 211 g/mol. The average molecular weight is 211 g/mol. The zero-order chi connectivity index (χ0) is 10.4. The number of thioether (sulfide) groups is 1. The zero-order valence-electron chi connectivity index (χ0n) is 8.95. The molecule has 1 rings (SSSR count). The van der Waals surface area contributed by atoms with Gasteiger partial charge in [-0.25, -0.2) is 9.97 Å². The molecule has 0 radical (unpaired) electrons. The van der Waals surface area contributed by atoms with Crippen LogP contribution in [0.4, 0.5) is 0 Å². The summed E-state index contributed by atoms with van der Waals surface area (Å²) in [6.07, 6.45) is 1.81. The molecule has 0 amide bonds. The van der Waals surface area contributed by atoms with E-state index >= 15 is 0 Å². The van der Waals surface area contributed by atoms with Crippen molar-refractivity contribution in [3.63, 3.8) is 0 Å².